The van der Waals surface area contributed by atoms with Crippen LogP contribution in [0.1, 0.15) is 65.3 Å². The average Bonchev–Trinajstić information content (AvgIpc) is 3.35. The topological polar surface area (TPSA) is 88.1 Å². The van der Waals surface area contributed by atoms with E-state index in [4.69, 9.17) is 0 Å². The summed E-state index contributed by atoms with van der Waals surface area (Å²) in [4.78, 5) is 33.0. The molecule has 3 aromatic rings. The Morgan fingerprint density at radius 2 is 1.81 bits per heavy atom. The molecule has 8 heteroatoms. The van der Waals surface area contributed by atoms with E-state index in [1.54, 1.807) is 29.9 Å². The molecule has 0 unspecified atom stereocenters. The van der Waals surface area contributed by atoms with Crippen LogP contribution in [0.3, 0.4) is 0 Å². The number of nitrogens with zero attached hydrogens (tertiary/aromatic N) is 4. The number of carbonyl (C=O) groups is 2. The van der Waals surface area contributed by atoms with Gasteiger partial charge in [0.2, 0.25) is 5.91 Å². The molecular formula is C24H27N5O2S. The van der Waals surface area contributed by atoms with E-state index >= 15 is 0 Å². The summed E-state index contributed by atoms with van der Waals surface area (Å²) in [5.74, 6) is -0.555. The van der Waals surface area contributed by atoms with Gasteiger partial charge in [-0.1, -0.05) is 29.8 Å². The number of nitrogens with one attached hydrogen (secondary N) is 1. The molecule has 1 N–H and O–H groups in total. The maximum atomic E-state index is 13.7. The molecule has 2 amide bonds. The highest BCUT2D eigenvalue weighted by atomic mass is 32.1. The Bertz CT molecular complexity index is 1070. The maximum absolute atomic E-state index is 13.7. The van der Waals surface area contributed by atoms with Crippen LogP contribution in [0.5, 0.6) is 0 Å². The lowest BCUT2D eigenvalue weighted by Crippen LogP contribution is -2.47. The zero-order chi connectivity index (χ0) is 22.5. The molecule has 2 heterocycles. The minimum Gasteiger partial charge on any atom is -0.351 e. The number of carbonyl (C=O) groups excluding carboxylic acids is 2. The molecule has 1 atom stereocenters. The molecule has 166 valence electrons. The molecule has 7 nitrogen and oxygen atoms in total. The highest BCUT2D eigenvalue weighted by Crippen LogP contribution is 2.31. The SMILES string of the molecule is Cc1ccc(N(C(=O)c2csnn2)[C@@H](C(=O)NC2CCCCC2)c2ccncc2)cc1C. The fraction of sp³-hybridized carbons (Fsp3) is 0.375. The summed E-state index contributed by atoms with van der Waals surface area (Å²) in [5.41, 5.74) is 3.72. The molecule has 1 aliphatic carbocycles. The van der Waals surface area contributed by atoms with Gasteiger partial charge in [0.1, 0.15) is 6.04 Å². The predicted octanol–water partition coefficient (Wildman–Crippen LogP) is 4.39. The van der Waals surface area contributed by atoms with Crippen molar-refractivity contribution in [2.24, 2.45) is 0 Å². The van der Waals surface area contributed by atoms with Crippen LogP contribution in [0.15, 0.2) is 48.1 Å². The van der Waals surface area contributed by atoms with E-state index in [1.165, 1.54) is 11.3 Å². The van der Waals surface area contributed by atoms with Crippen molar-refractivity contribution in [3.8, 4) is 0 Å². The number of pyridine rings is 1. The Morgan fingerprint density at radius 1 is 1.06 bits per heavy atom. The fourth-order valence-electron chi connectivity index (χ4n) is 4.13. The summed E-state index contributed by atoms with van der Waals surface area (Å²) in [6, 6.07) is 8.62. The van der Waals surface area contributed by atoms with E-state index in [9.17, 15) is 9.59 Å². The first-order chi connectivity index (χ1) is 15.5. The Hall–Kier alpha value is -3.13. The first-order valence-corrected chi connectivity index (χ1v) is 11.8. The lowest BCUT2D eigenvalue weighted by molar-refractivity contribution is -0.123. The molecule has 1 fully saturated rings. The third-order valence-electron chi connectivity index (χ3n) is 6.05. The highest BCUT2D eigenvalue weighted by molar-refractivity contribution is 7.03. The van der Waals surface area contributed by atoms with Gasteiger partial charge in [-0.15, -0.1) is 5.10 Å². The number of hydrogen-bond acceptors (Lipinski definition) is 6. The van der Waals surface area contributed by atoms with E-state index in [0.717, 1.165) is 48.3 Å². The van der Waals surface area contributed by atoms with Crippen molar-refractivity contribution < 1.29 is 9.59 Å². The first-order valence-electron chi connectivity index (χ1n) is 10.9. The minimum absolute atomic E-state index is 0.123. The number of aryl methyl sites for hydroxylation is 2. The van der Waals surface area contributed by atoms with Crippen LogP contribution in [0.25, 0.3) is 0 Å². The molecule has 4 rings (SSSR count). The molecular weight excluding hydrogens is 422 g/mol. The normalized spacial score (nSPS) is 15.2. The molecule has 0 aliphatic heterocycles. The van der Waals surface area contributed by atoms with Crippen LogP contribution < -0.4 is 10.2 Å². The molecule has 1 aliphatic rings. The van der Waals surface area contributed by atoms with Gasteiger partial charge >= 0.3 is 0 Å². The Labute approximate surface area is 192 Å². The second kappa shape index (κ2) is 9.99. The number of aromatic nitrogens is 3. The molecule has 1 aromatic carbocycles. The van der Waals surface area contributed by atoms with Crippen molar-refractivity contribution in [1.29, 1.82) is 0 Å². The number of anilines is 1. The molecule has 0 spiro atoms. The summed E-state index contributed by atoms with van der Waals surface area (Å²) in [6.07, 6.45) is 8.62. The molecule has 0 radical (unpaired) electrons. The zero-order valence-corrected chi connectivity index (χ0v) is 19.1. The van der Waals surface area contributed by atoms with Crippen LogP contribution in [-0.4, -0.2) is 32.4 Å². The van der Waals surface area contributed by atoms with Crippen LogP contribution >= 0.6 is 11.5 Å². The van der Waals surface area contributed by atoms with Crippen LogP contribution in [0.4, 0.5) is 5.69 Å². The van der Waals surface area contributed by atoms with Crippen molar-refractivity contribution in [3.63, 3.8) is 0 Å². The zero-order valence-electron chi connectivity index (χ0n) is 18.3. The van der Waals surface area contributed by atoms with Gasteiger partial charge < -0.3 is 5.32 Å². The molecule has 32 heavy (non-hydrogen) atoms. The summed E-state index contributed by atoms with van der Waals surface area (Å²) in [5, 5.41) is 8.80. The maximum Gasteiger partial charge on any atom is 0.280 e. The van der Waals surface area contributed by atoms with Crippen molar-refractivity contribution in [2.45, 2.75) is 58.0 Å². The van der Waals surface area contributed by atoms with E-state index in [-0.39, 0.29) is 23.6 Å². The smallest absolute Gasteiger partial charge is 0.280 e. The van der Waals surface area contributed by atoms with E-state index in [1.807, 2.05) is 32.0 Å². The standard InChI is InChI=1S/C24H27N5O2S/c1-16-8-9-20(14-17(16)2)29(24(31)21-15-32-28-27-21)22(18-10-12-25-13-11-18)23(30)26-19-6-4-3-5-7-19/h8-15,19,22H,3-7H2,1-2H3,(H,26,30)/t22-/m1/s1. The Kier molecular flexibility index (Phi) is 6.90. The molecule has 2 aromatic heterocycles. The van der Waals surface area contributed by atoms with Crippen molar-refractivity contribution in [1.82, 2.24) is 19.9 Å². The predicted molar refractivity (Wildman–Crippen MR) is 125 cm³/mol. The highest BCUT2D eigenvalue weighted by Gasteiger charge is 2.35. The molecule has 0 bridgehead atoms. The van der Waals surface area contributed by atoms with E-state index in [0.29, 0.717) is 11.3 Å². The van der Waals surface area contributed by atoms with Gasteiger partial charge in [-0.3, -0.25) is 19.5 Å². The van der Waals surface area contributed by atoms with Crippen LogP contribution in [0, 0.1) is 13.8 Å². The quantitative estimate of drug-likeness (QED) is 0.603. The lowest BCUT2D eigenvalue weighted by atomic mass is 9.94. The summed E-state index contributed by atoms with van der Waals surface area (Å²) >= 11 is 1.11. The van der Waals surface area contributed by atoms with Gasteiger partial charge in [0, 0.05) is 29.5 Å². The minimum atomic E-state index is -0.851. The number of hydrogen-bond donors (Lipinski definition) is 1. The lowest BCUT2D eigenvalue weighted by Gasteiger charge is -2.33. The Balaban J connectivity index is 1.79. The largest absolute Gasteiger partial charge is 0.351 e. The monoisotopic (exact) mass is 449 g/mol. The number of benzene rings is 1. The molecule has 0 saturated heterocycles. The van der Waals surface area contributed by atoms with Crippen molar-refractivity contribution in [2.75, 3.05) is 4.90 Å². The van der Waals surface area contributed by atoms with Gasteiger partial charge in [-0.25, -0.2) is 0 Å². The fourth-order valence-corrected chi connectivity index (χ4v) is 4.56. The average molecular weight is 450 g/mol. The second-order valence-corrected chi connectivity index (χ2v) is 8.87. The van der Waals surface area contributed by atoms with Gasteiger partial charge in [0.15, 0.2) is 5.69 Å². The summed E-state index contributed by atoms with van der Waals surface area (Å²) in [7, 11) is 0. The Morgan fingerprint density at radius 3 is 2.47 bits per heavy atom. The summed E-state index contributed by atoms with van der Waals surface area (Å²) in [6.45, 7) is 4.02. The van der Waals surface area contributed by atoms with Crippen molar-refractivity contribution in [3.05, 3.63) is 70.5 Å². The second-order valence-electron chi connectivity index (χ2n) is 8.26. The van der Waals surface area contributed by atoms with Crippen LogP contribution in [0.2, 0.25) is 0 Å². The van der Waals surface area contributed by atoms with Gasteiger partial charge in [0.05, 0.1) is 0 Å². The van der Waals surface area contributed by atoms with Crippen LogP contribution in [-0.2, 0) is 4.79 Å². The third kappa shape index (κ3) is 4.85. The van der Waals surface area contributed by atoms with E-state index in [2.05, 4.69) is 19.9 Å². The van der Waals surface area contributed by atoms with E-state index < -0.39 is 6.04 Å². The first kappa shape index (κ1) is 22.1. The third-order valence-corrected chi connectivity index (χ3v) is 6.55. The van der Waals surface area contributed by atoms with Gasteiger partial charge in [-0.2, -0.15) is 0 Å². The number of rotatable bonds is 6. The van der Waals surface area contributed by atoms with Gasteiger partial charge in [-0.05, 0) is 79.2 Å². The summed E-state index contributed by atoms with van der Waals surface area (Å²) < 4.78 is 3.86. The van der Waals surface area contributed by atoms with Crippen molar-refractivity contribution >= 4 is 29.0 Å². The number of amides is 2. The molecule has 1 saturated carbocycles. The van der Waals surface area contributed by atoms with Gasteiger partial charge in [0.25, 0.3) is 5.91 Å².